The van der Waals surface area contributed by atoms with Crippen LogP contribution in [0.4, 0.5) is 0 Å². The molecule has 24 heavy (non-hydrogen) atoms. The third kappa shape index (κ3) is 5.78. The molecule has 1 aliphatic rings. The first kappa shape index (κ1) is 19.8. The van der Waals surface area contributed by atoms with Gasteiger partial charge in [0.1, 0.15) is 12.7 Å². The average molecular weight is 348 g/mol. The molecule has 0 aromatic rings. The highest BCUT2D eigenvalue weighted by molar-refractivity contribution is 5.68. The summed E-state index contributed by atoms with van der Waals surface area (Å²) in [5, 5.41) is 10.0. The van der Waals surface area contributed by atoms with E-state index in [-0.39, 0.29) is 6.61 Å². The van der Waals surface area contributed by atoms with Gasteiger partial charge in [0.05, 0.1) is 0 Å². The summed E-state index contributed by atoms with van der Waals surface area (Å²) in [6.07, 6.45) is -6.79. The van der Waals surface area contributed by atoms with E-state index in [0.717, 1.165) is 27.7 Å². The summed E-state index contributed by atoms with van der Waals surface area (Å²) in [4.78, 5) is 44.9. The van der Waals surface area contributed by atoms with E-state index in [2.05, 4.69) is 0 Å². The molecule has 0 bridgehead atoms. The highest BCUT2D eigenvalue weighted by Crippen LogP contribution is 2.28. The maximum atomic E-state index is 11.3. The number of carbonyl (C=O) groups excluding carboxylic acids is 4. The van der Waals surface area contributed by atoms with Gasteiger partial charge in [-0.15, -0.1) is 0 Å². The van der Waals surface area contributed by atoms with E-state index in [9.17, 15) is 24.3 Å². The van der Waals surface area contributed by atoms with E-state index >= 15 is 0 Å². The Hall–Kier alpha value is -2.20. The molecule has 1 heterocycles. The molecule has 0 aliphatic carbocycles. The van der Waals surface area contributed by atoms with E-state index in [4.69, 9.17) is 23.7 Å². The molecule has 0 spiro atoms. The van der Waals surface area contributed by atoms with Crippen LogP contribution in [-0.2, 0) is 42.9 Å². The molecule has 136 valence electrons. The number of esters is 4. The topological polar surface area (TPSA) is 135 Å². The van der Waals surface area contributed by atoms with Crippen molar-refractivity contribution in [2.24, 2.45) is 0 Å². The first-order valence-electron chi connectivity index (χ1n) is 7.10. The fourth-order valence-electron chi connectivity index (χ4n) is 2.21. The molecule has 3 unspecified atom stereocenters. The zero-order chi connectivity index (χ0) is 18.4. The molecular formula is C14H20O10. The Balaban J connectivity index is 3.11. The Morgan fingerprint density at radius 3 is 1.71 bits per heavy atom. The molecule has 1 rings (SSSR count). The molecule has 0 radical (unpaired) electrons. The lowest BCUT2D eigenvalue weighted by atomic mass is 9.98. The number of hydrogen-bond donors (Lipinski definition) is 1. The zero-order valence-electron chi connectivity index (χ0n) is 13.7. The molecule has 0 amide bonds. The largest absolute Gasteiger partial charge is 0.463 e. The van der Waals surface area contributed by atoms with Crippen molar-refractivity contribution < 1.29 is 48.0 Å². The summed E-state index contributed by atoms with van der Waals surface area (Å²) in [6.45, 7) is 4.09. The first-order valence-corrected chi connectivity index (χ1v) is 7.10. The smallest absolute Gasteiger partial charge is 0.303 e. The average Bonchev–Trinajstić information content (AvgIpc) is 2.42. The number of aliphatic hydroxyl groups is 1. The van der Waals surface area contributed by atoms with Crippen molar-refractivity contribution >= 4 is 23.9 Å². The van der Waals surface area contributed by atoms with E-state index in [1.807, 2.05) is 0 Å². The molecule has 1 aliphatic heterocycles. The summed E-state index contributed by atoms with van der Waals surface area (Å²) in [5.41, 5.74) is 0. The van der Waals surface area contributed by atoms with Gasteiger partial charge in [-0.1, -0.05) is 0 Å². The molecular weight excluding hydrogens is 328 g/mol. The molecule has 1 fully saturated rings. The van der Waals surface area contributed by atoms with Crippen LogP contribution in [0.1, 0.15) is 27.7 Å². The van der Waals surface area contributed by atoms with Crippen LogP contribution in [0.25, 0.3) is 0 Å². The van der Waals surface area contributed by atoms with Gasteiger partial charge in [0.25, 0.3) is 0 Å². The van der Waals surface area contributed by atoms with Crippen molar-refractivity contribution in [1.82, 2.24) is 0 Å². The maximum absolute atomic E-state index is 11.3. The minimum Gasteiger partial charge on any atom is -0.463 e. The summed E-state index contributed by atoms with van der Waals surface area (Å²) in [7, 11) is 0. The second-order valence-electron chi connectivity index (χ2n) is 5.09. The van der Waals surface area contributed by atoms with Crippen molar-refractivity contribution in [2.75, 3.05) is 6.61 Å². The van der Waals surface area contributed by atoms with Gasteiger partial charge in [0.15, 0.2) is 24.6 Å². The molecule has 0 aromatic heterocycles. The van der Waals surface area contributed by atoms with Gasteiger partial charge in [0, 0.05) is 27.7 Å². The highest BCUT2D eigenvalue weighted by atomic mass is 16.7. The zero-order valence-corrected chi connectivity index (χ0v) is 13.7. The second kappa shape index (κ2) is 8.60. The van der Waals surface area contributed by atoms with E-state index < -0.39 is 54.6 Å². The SMILES string of the molecule is CC(=O)OC[C@H]1OC(O)C(OC(C)=O)C(OC(C)=O)[C@@H]1OC(C)=O. The number of aliphatic hydroxyl groups excluding tert-OH is 1. The standard InChI is InChI=1S/C14H20O10/c1-6(15)20-5-10-11(21-7(2)16)12(22-8(3)17)13(14(19)24-10)23-9(4)18/h10-14,19H,5H2,1-4H3/t10-,11-,12?,13?,14?/m1/s1. The third-order valence-electron chi connectivity index (χ3n) is 2.97. The van der Waals surface area contributed by atoms with Crippen LogP contribution in [-0.4, -0.2) is 66.3 Å². The van der Waals surface area contributed by atoms with Crippen molar-refractivity contribution in [1.29, 1.82) is 0 Å². The Morgan fingerprint density at radius 1 is 0.792 bits per heavy atom. The lowest BCUT2D eigenvalue weighted by Gasteiger charge is -2.42. The lowest BCUT2D eigenvalue weighted by molar-refractivity contribution is -0.296. The maximum Gasteiger partial charge on any atom is 0.303 e. The van der Waals surface area contributed by atoms with E-state index in [1.54, 1.807) is 0 Å². The third-order valence-corrected chi connectivity index (χ3v) is 2.97. The Morgan fingerprint density at radius 2 is 1.25 bits per heavy atom. The lowest BCUT2D eigenvalue weighted by Crippen LogP contribution is -2.62. The van der Waals surface area contributed by atoms with Gasteiger partial charge in [-0.2, -0.15) is 0 Å². The summed E-state index contributed by atoms with van der Waals surface area (Å²) in [6, 6.07) is 0. The molecule has 0 saturated carbocycles. The minimum absolute atomic E-state index is 0.366. The quantitative estimate of drug-likeness (QED) is 0.490. The summed E-state index contributed by atoms with van der Waals surface area (Å²) in [5.74, 6) is -2.87. The molecule has 0 aromatic carbocycles. The molecule has 5 atom stereocenters. The Bertz CT molecular complexity index is 502. The fraction of sp³-hybridized carbons (Fsp3) is 0.714. The normalized spacial score (nSPS) is 29.3. The van der Waals surface area contributed by atoms with Crippen LogP contribution in [0.2, 0.25) is 0 Å². The van der Waals surface area contributed by atoms with Gasteiger partial charge in [-0.3, -0.25) is 19.2 Å². The molecule has 1 saturated heterocycles. The van der Waals surface area contributed by atoms with Crippen molar-refractivity contribution in [3.05, 3.63) is 0 Å². The molecule has 1 N–H and O–H groups in total. The van der Waals surface area contributed by atoms with Crippen molar-refractivity contribution in [2.45, 2.75) is 58.4 Å². The van der Waals surface area contributed by atoms with E-state index in [0.29, 0.717) is 0 Å². The second-order valence-corrected chi connectivity index (χ2v) is 5.09. The van der Waals surface area contributed by atoms with Gasteiger partial charge in [-0.05, 0) is 0 Å². The summed E-state index contributed by atoms with van der Waals surface area (Å²) >= 11 is 0. The van der Waals surface area contributed by atoms with Crippen LogP contribution in [0.15, 0.2) is 0 Å². The van der Waals surface area contributed by atoms with Crippen LogP contribution in [0.3, 0.4) is 0 Å². The molecule has 10 nitrogen and oxygen atoms in total. The number of ether oxygens (including phenoxy) is 5. The number of carbonyl (C=O) groups is 4. The van der Waals surface area contributed by atoms with Gasteiger partial charge < -0.3 is 28.8 Å². The molecule has 10 heteroatoms. The van der Waals surface area contributed by atoms with Gasteiger partial charge >= 0.3 is 23.9 Å². The number of hydrogen-bond acceptors (Lipinski definition) is 10. The predicted molar refractivity (Wildman–Crippen MR) is 74.2 cm³/mol. The minimum atomic E-state index is -1.68. The monoisotopic (exact) mass is 348 g/mol. The number of rotatable bonds is 5. The van der Waals surface area contributed by atoms with Crippen molar-refractivity contribution in [3.8, 4) is 0 Å². The van der Waals surface area contributed by atoms with Crippen LogP contribution in [0.5, 0.6) is 0 Å². The Kier molecular flexibility index (Phi) is 7.11. The summed E-state index contributed by atoms with van der Waals surface area (Å²) < 4.78 is 25.0. The highest BCUT2D eigenvalue weighted by Gasteiger charge is 2.51. The van der Waals surface area contributed by atoms with Crippen LogP contribution >= 0.6 is 0 Å². The van der Waals surface area contributed by atoms with Crippen LogP contribution < -0.4 is 0 Å². The first-order chi connectivity index (χ1) is 11.1. The van der Waals surface area contributed by atoms with Crippen molar-refractivity contribution in [3.63, 3.8) is 0 Å². The van der Waals surface area contributed by atoms with E-state index in [1.165, 1.54) is 0 Å². The van der Waals surface area contributed by atoms with Gasteiger partial charge in [-0.25, -0.2) is 0 Å². The van der Waals surface area contributed by atoms with Gasteiger partial charge in [0.2, 0.25) is 0 Å². The Labute approximate surface area is 137 Å². The predicted octanol–water partition coefficient (Wildman–Crippen LogP) is -0.938. The fourth-order valence-corrected chi connectivity index (χ4v) is 2.21. The van der Waals surface area contributed by atoms with Crippen LogP contribution in [0, 0.1) is 0 Å².